The smallest absolute Gasteiger partial charge is 0.351 e. The number of nitrogens with zero attached hydrogens (tertiary/aromatic N) is 1. The van der Waals surface area contributed by atoms with Gasteiger partial charge in [-0.05, 0) is 6.07 Å². The summed E-state index contributed by atoms with van der Waals surface area (Å²) < 4.78 is 118. The topological polar surface area (TPSA) is 12.9 Å². The predicted molar refractivity (Wildman–Crippen MR) is 50.6 cm³/mol. The van der Waals surface area contributed by atoms with Gasteiger partial charge in [-0.1, -0.05) is 11.8 Å². The van der Waals surface area contributed by atoms with Crippen LogP contribution >= 0.6 is 0 Å². The fraction of sp³-hybridized carbons (Fsp3) is 0.364. The molecule has 1 radical (unpaired) electrons. The van der Waals surface area contributed by atoms with E-state index in [0.29, 0.717) is 18.3 Å². The third-order valence-corrected chi connectivity index (χ3v) is 2.76. The average molecular weight is 512 g/mol. The van der Waals surface area contributed by atoms with Crippen molar-refractivity contribution >= 4 is 5.57 Å². The zero-order chi connectivity index (χ0) is 16.3. The maximum absolute atomic E-state index is 13.5. The zero-order valence-corrected chi connectivity index (χ0v) is 12.3. The SMILES string of the molecule is Fc1ccnc(C2=[C-]C(F)(F)C(F)(F)C(F)(F)C2(F)F)c1.[Ir]. The molecule has 1 nitrogen and oxygen atoms in total. The average Bonchev–Trinajstić information content (AvgIpc) is 2.34. The molecule has 11 heteroatoms. The van der Waals surface area contributed by atoms with Crippen LogP contribution in [0.1, 0.15) is 5.69 Å². The maximum Gasteiger partial charge on any atom is 0.378 e. The summed E-state index contributed by atoms with van der Waals surface area (Å²) >= 11 is 0. The van der Waals surface area contributed by atoms with Crippen LogP contribution in [0, 0.1) is 11.9 Å². The Morgan fingerprint density at radius 3 is 1.95 bits per heavy atom. The Bertz CT molecular complexity index is 611. The first-order chi connectivity index (χ1) is 9.34. The molecule has 22 heavy (non-hydrogen) atoms. The molecule has 1 aromatic rings. The fourth-order valence-electron chi connectivity index (χ4n) is 1.63. The molecular formula is C11H3F9IrN-. The Labute approximate surface area is 130 Å². The Morgan fingerprint density at radius 1 is 0.909 bits per heavy atom. The van der Waals surface area contributed by atoms with Crippen LogP contribution in [0.3, 0.4) is 0 Å². The second kappa shape index (κ2) is 5.23. The Hall–Kier alpha value is -1.09. The minimum Gasteiger partial charge on any atom is -0.351 e. The monoisotopic (exact) mass is 513 g/mol. The molecule has 0 N–H and O–H groups in total. The van der Waals surface area contributed by atoms with Gasteiger partial charge >= 0.3 is 17.8 Å². The minimum atomic E-state index is -6.40. The van der Waals surface area contributed by atoms with Crippen molar-refractivity contribution in [3.05, 3.63) is 35.9 Å². The van der Waals surface area contributed by atoms with Gasteiger partial charge < -0.3 is 4.98 Å². The summed E-state index contributed by atoms with van der Waals surface area (Å²) in [7, 11) is 0. The summed E-state index contributed by atoms with van der Waals surface area (Å²) in [5, 5.41) is 0. The Balaban J connectivity index is 0.00000242. The van der Waals surface area contributed by atoms with Crippen LogP contribution in [0.4, 0.5) is 39.5 Å². The van der Waals surface area contributed by atoms with Crippen molar-refractivity contribution in [1.82, 2.24) is 4.98 Å². The number of pyridine rings is 1. The molecule has 0 amide bonds. The molecule has 0 atom stereocenters. The van der Waals surface area contributed by atoms with Crippen molar-refractivity contribution in [2.45, 2.75) is 23.7 Å². The van der Waals surface area contributed by atoms with Crippen molar-refractivity contribution in [1.29, 1.82) is 0 Å². The second-order valence-electron chi connectivity index (χ2n) is 4.16. The molecule has 1 heterocycles. The van der Waals surface area contributed by atoms with Gasteiger partial charge in [0, 0.05) is 26.3 Å². The van der Waals surface area contributed by atoms with E-state index in [0.717, 1.165) is 0 Å². The van der Waals surface area contributed by atoms with Crippen molar-refractivity contribution in [2.75, 3.05) is 0 Å². The molecule has 0 saturated heterocycles. The molecule has 1 aromatic heterocycles. The largest absolute Gasteiger partial charge is 0.378 e. The van der Waals surface area contributed by atoms with E-state index in [9.17, 15) is 39.5 Å². The second-order valence-corrected chi connectivity index (χ2v) is 4.16. The van der Waals surface area contributed by atoms with Gasteiger partial charge in [0.15, 0.2) is 0 Å². The van der Waals surface area contributed by atoms with E-state index >= 15 is 0 Å². The van der Waals surface area contributed by atoms with Gasteiger partial charge in [0.1, 0.15) is 5.82 Å². The summed E-state index contributed by atoms with van der Waals surface area (Å²) in [6.07, 6.45) is 0.873. The van der Waals surface area contributed by atoms with Crippen molar-refractivity contribution in [3.8, 4) is 0 Å². The number of alkyl halides is 8. The van der Waals surface area contributed by atoms with Crippen LogP contribution in [0.25, 0.3) is 5.57 Å². The molecule has 0 fully saturated rings. The van der Waals surface area contributed by atoms with Gasteiger partial charge in [0.05, 0.1) is 0 Å². The molecule has 1 aliphatic carbocycles. The standard InChI is InChI=1S/C11H3F9N.Ir/c12-5-1-2-21-7(3-5)6-4-8(13,14)10(17,18)11(19,20)9(6,15)16;/h1-3H;/q-1;. The molecule has 0 bridgehead atoms. The summed E-state index contributed by atoms with van der Waals surface area (Å²) in [4.78, 5) is 3.01. The number of aromatic nitrogens is 1. The quantitative estimate of drug-likeness (QED) is 0.410. The first-order valence-electron chi connectivity index (χ1n) is 5.13. The molecule has 0 aromatic carbocycles. The van der Waals surface area contributed by atoms with Gasteiger partial charge in [0.25, 0.3) is 5.92 Å². The summed E-state index contributed by atoms with van der Waals surface area (Å²) in [5.41, 5.74) is -3.63. The molecule has 0 spiro atoms. The van der Waals surface area contributed by atoms with E-state index in [1.165, 1.54) is 0 Å². The van der Waals surface area contributed by atoms with E-state index in [1.54, 1.807) is 0 Å². The van der Waals surface area contributed by atoms with Crippen molar-refractivity contribution < 1.29 is 59.6 Å². The van der Waals surface area contributed by atoms with E-state index in [4.69, 9.17) is 0 Å². The summed E-state index contributed by atoms with van der Waals surface area (Å²) in [5.74, 6) is -25.4. The van der Waals surface area contributed by atoms with Crippen molar-refractivity contribution in [2.24, 2.45) is 0 Å². The van der Waals surface area contributed by atoms with Crippen LogP contribution in [0.5, 0.6) is 0 Å². The number of rotatable bonds is 1. The van der Waals surface area contributed by atoms with Crippen molar-refractivity contribution in [3.63, 3.8) is 0 Å². The van der Waals surface area contributed by atoms with Crippen LogP contribution < -0.4 is 0 Å². The van der Waals surface area contributed by atoms with Gasteiger partial charge in [-0.3, -0.25) is 0 Å². The molecule has 0 aliphatic heterocycles. The molecular weight excluding hydrogens is 509 g/mol. The van der Waals surface area contributed by atoms with Crippen LogP contribution in [-0.4, -0.2) is 28.7 Å². The Kier molecular flexibility index (Phi) is 4.50. The van der Waals surface area contributed by atoms with Gasteiger partial charge in [-0.15, -0.1) is 5.57 Å². The van der Waals surface area contributed by atoms with Gasteiger partial charge in [-0.25, -0.2) is 13.2 Å². The number of halogens is 9. The number of hydrogen-bond donors (Lipinski definition) is 0. The molecule has 0 saturated carbocycles. The fourth-order valence-corrected chi connectivity index (χ4v) is 1.63. The van der Waals surface area contributed by atoms with Crippen LogP contribution in [0.15, 0.2) is 18.3 Å². The molecule has 0 unspecified atom stereocenters. The first kappa shape index (κ1) is 19.0. The number of allylic oxidation sites excluding steroid dienone is 2. The predicted octanol–water partition coefficient (Wildman–Crippen LogP) is 3.96. The van der Waals surface area contributed by atoms with Gasteiger partial charge in [-0.2, -0.15) is 32.4 Å². The van der Waals surface area contributed by atoms with E-state index in [-0.39, 0.29) is 26.2 Å². The molecule has 2 rings (SSSR count). The number of hydrogen-bond acceptors (Lipinski definition) is 1. The van der Waals surface area contributed by atoms with E-state index in [1.807, 2.05) is 0 Å². The van der Waals surface area contributed by atoms with Crippen LogP contribution in [-0.2, 0) is 20.1 Å². The Morgan fingerprint density at radius 2 is 1.45 bits per heavy atom. The normalized spacial score (nSPS) is 24.1. The minimum absolute atomic E-state index is 0. The third-order valence-electron chi connectivity index (χ3n) is 2.76. The third kappa shape index (κ3) is 2.34. The molecule has 125 valence electrons. The summed E-state index contributed by atoms with van der Waals surface area (Å²) in [6, 6.07) is 0.752. The molecule has 1 aliphatic rings. The van der Waals surface area contributed by atoms with Crippen LogP contribution in [0.2, 0.25) is 0 Å². The maximum atomic E-state index is 13.5. The van der Waals surface area contributed by atoms with Gasteiger partial charge in [0.2, 0.25) is 0 Å². The zero-order valence-electron chi connectivity index (χ0n) is 9.91. The van der Waals surface area contributed by atoms with E-state index < -0.39 is 40.8 Å². The first-order valence-corrected chi connectivity index (χ1v) is 5.13. The summed E-state index contributed by atoms with van der Waals surface area (Å²) in [6.45, 7) is 0. The van der Waals surface area contributed by atoms with E-state index in [2.05, 4.69) is 4.98 Å².